The highest BCUT2D eigenvalue weighted by Crippen LogP contribution is 2.35. The summed E-state index contributed by atoms with van der Waals surface area (Å²) in [6, 6.07) is 7.79. The minimum absolute atomic E-state index is 0.359. The van der Waals surface area contributed by atoms with E-state index >= 15 is 0 Å². The number of benzene rings is 1. The molecule has 15 heavy (non-hydrogen) atoms. The monoisotopic (exact) mass is 225 g/mol. The summed E-state index contributed by atoms with van der Waals surface area (Å²) < 4.78 is 5.38. The summed E-state index contributed by atoms with van der Waals surface area (Å²) in [5, 5.41) is 0.745. The van der Waals surface area contributed by atoms with Crippen LogP contribution in [0.5, 0.6) is 0 Å². The summed E-state index contributed by atoms with van der Waals surface area (Å²) >= 11 is 6.17. The van der Waals surface area contributed by atoms with Gasteiger partial charge in [0.25, 0.3) is 0 Å². The number of hydrogen-bond donors (Lipinski definition) is 1. The van der Waals surface area contributed by atoms with Crippen LogP contribution in [0.4, 0.5) is 0 Å². The third-order valence-corrected chi connectivity index (χ3v) is 3.56. The van der Waals surface area contributed by atoms with E-state index in [1.807, 2.05) is 31.2 Å². The van der Waals surface area contributed by atoms with Crippen molar-refractivity contribution in [3.05, 3.63) is 34.9 Å². The van der Waals surface area contributed by atoms with Gasteiger partial charge in [-0.05, 0) is 25.0 Å². The Labute approximate surface area is 95.4 Å². The highest BCUT2D eigenvalue weighted by atomic mass is 35.5. The molecule has 1 heterocycles. The first-order valence-corrected chi connectivity index (χ1v) is 5.62. The lowest BCUT2D eigenvalue weighted by Gasteiger charge is -2.31. The molecule has 1 aromatic rings. The van der Waals surface area contributed by atoms with E-state index in [0.717, 1.165) is 30.2 Å². The molecule has 0 amide bonds. The second kappa shape index (κ2) is 4.12. The molecule has 2 N–H and O–H groups in total. The van der Waals surface area contributed by atoms with Crippen molar-refractivity contribution in [2.24, 2.45) is 11.7 Å². The van der Waals surface area contributed by atoms with E-state index in [-0.39, 0.29) is 0 Å². The van der Waals surface area contributed by atoms with Crippen LogP contribution in [0.1, 0.15) is 18.9 Å². The second-order valence-electron chi connectivity index (χ2n) is 4.32. The van der Waals surface area contributed by atoms with Gasteiger partial charge in [0.1, 0.15) is 0 Å². The molecule has 0 spiro atoms. The number of ether oxygens (including phenoxy) is 1. The van der Waals surface area contributed by atoms with Gasteiger partial charge < -0.3 is 10.5 Å². The van der Waals surface area contributed by atoms with Gasteiger partial charge in [0.2, 0.25) is 0 Å². The maximum atomic E-state index is 6.38. The van der Waals surface area contributed by atoms with E-state index < -0.39 is 5.54 Å². The first-order valence-electron chi connectivity index (χ1n) is 5.24. The molecule has 2 nitrogen and oxygen atoms in total. The third-order valence-electron chi connectivity index (χ3n) is 3.23. The fourth-order valence-corrected chi connectivity index (χ4v) is 2.46. The lowest BCUT2D eigenvalue weighted by molar-refractivity contribution is 0.166. The predicted octanol–water partition coefficient (Wildman–Crippen LogP) is 2.55. The summed E-state index contributed by atoms with van der Waals surface area (Å²) in [7, 11) is 0. The molecule has 2 atom stereocenters. The normalized spacial score (nSPS) is 25.1. The van der Waals surface area contributed by atoms with Gasteiger partial charge in [-0.3, -0.25) is 0 Å². The largest absolute Gasteiger partial charge is 0.381 e. The zero-order valence-corrected chi connectivity index (χ0v) is 9.63. The van der Waals surface area contributed by atoms with Gasteiger partial charge in [-0.15, -0.1) is 0 Å². The Bertz CT molecular complexity index is 345. The maximum absolute atomic E-state index is 6.38. The molecule has 1 aliphatic rings. The molecular formula is C12H16ClNO. The van der Waals surface area contributed by atoms with Crippen molar-refractivity contribution in [1.29, 1.82) is 0 Å². The molecule has 0 aliphatic carbocycles. The standard InChI is InChI=1S/C12H16ClNO/c1-12(14,9-6-7-15-8-9)10-4-2-3-5-11(10)13/h2-5,9H,6-8,14H2,1H3. The first-order chi connectivity index (χ1) is 7.12. The molecular weight excluding hydrogens is 210 g/mol. The van der Waals surface area contributed by atoms with E-state index in [0.29, 0.717) is 5.92 Å². The molecule has 2 rings (SSSR count). The lowest BCUT2D eigenvalue weighted by atomic mass is 9.80. The fraction of sp³-hybridized carbons (Fsp3) is 0.500. The van der Waals surface area contributed by atoms with Crippen LogP contribution in [0.2, 0.25) is 5.02 Å². The quantitative estimate of drug-likeness (QED) is 0.840. The van der Waals surface area contributed by atoms with E-state index in [9.17, 15) is 0 Å². The van der Waals surface area contributed by atoms with Crippen molar-refractivity contribution in [2.75, 3.05) is 13.2 Å². The van der Waals surface area contributed by atoms with Crippen molar-refractivity contribution in [3.63, 3.8) is 0 Å². The van der Waals surface area contributed by atoms with Crippen molar-refractivity contribution >= 4 is 11.6 Å². The SMILES string of the molecule is CC(N)(c1ccccc1Cl)C1CCOC1. The molecule has 3 heteroatoms. The number of nitrogens with two attached hydrogens (primary N) is 1. The average molecular weight is 226 g/mol. The number of halogens is 1. The van der Waals surface area contributed by atoms with Crippen LogP contribution in [0.3, 0.4) is 0 Å². The van der Waals surface area contributed by atoms with Crippen LogP contribution < -0.4 is 5.73 Å². The van der Waals surface area contributed by atoms with Gasteiger partial charge in [0.05, 0.1) is 6.61 Å². The van der Waals surface area contributed by atoms with Gasteiger partial charge in [0, 0.05) is 23.1 Å². The highest BCUT2D eigenvalue weighted by molar-refractivity contribution is 6.31. The molecule has 0 radical (unpaired) electrons. The average Bonchev–Trinajstić information content (AvgIpc) is 2.71. The molecule has 1 fully saturated rings. The predicted molar refractivity (Wildman–Crippen MR) is 61.9 cm³/mol. The van der Waals surface area contributed by atoms with Crippen molar-refractivity contribution in [3.8, 4) is 0 Å². The van der Waals surface area contributed by atoms with Crippen LogP contribution in [0, 0.1) is 5.92 Å². The van der Waals surface area contributed by atoms with Crippen LogP contribution in [-0.4, -0.2) is 13.2 Å². The van der Waals surface area contributed by atoms with Gasteiger partial charge >= 0.3 is 0 Å². The topological polar surface area (TPSA) is 35.2 Å². The Morgan fingerprint density at radius 1 is 1.47 bits per heavy atom. The number of rotatable bonds is 2. The lowest BCUT2D eigenvalue weighted by Crippen LogP contribution is -2.41. The van der Waals surface area contributed by atoms with Gasteiger partial charge in [-0.1, -0.05) is 29.8 Å². The Morgan fingerprint density at radius 2 is 2.20 bits per heavy atom. The third kappa shape index (κ3) is 2.03. The Hall–Kier alpha value is -0.570. The molecule has 1 aromatic carbocycles. The Morgan fingerprint density at radius 3 is 2.80 bits per heavy atom. The van der Waals surface area contributed by atoms with Gasteiger partial charge in [-0.2, -0.15) is 0 Å². The molecule has 2 unspecified atom stereocenters. The van der Waals surface area contributed by atoms with E-state index in [2.05, 4.69) is 0 Å². The molecule has 1 aliphatic heterocycles. The molecule has 82 valence electrons. The fourth-order valence-electron chi connectivity index (χ4n) is 2.13. The highest BCUT2D eigenvalue weighted by Gasteiger charge is 2.35. The van der Waals surface area contributed by atoms with Gasteiger partial charge in [0.15, 0.2) is 0 Å². The van der Waals surface area contributed by atoms with E-state index in [4.69, 9.17) is 22.1 Å². The zero-order valence-electron chi connectivity index (χ0n) is 8.87. The summed E-state index contributed by atoms with van der Waals surface area (Å²) in [5.41, 5.74) is 7.00. The second-order valence-corrected chi connectivity index (χ2v) is 4.73. The Kier molecular flexibility index (Phi) is 3.01. The molecule has 1 saturated heterocycles. The summed E-state index contributed by atoms with van der Waals surface area (Å²) in [6.45, 7) is 3.58. The van der Waals surface area contributed by atoms with Crippen LogP contribution >= 0.6 is 11.6 Å². The first kappa shape index (κ1) is 10.9. The van der Waals surface area contributed by atoms with Crippen molar-refractivity contribution < 1.29 is 4.74 Å². The maximum Gasteiger partial charge on any atom is 0.0515 e. The smallest absolute Gasteiger partial charge is 0.0515 e. The summed E-state index contributed by atoms with van der Waals surface area (Å²) in [5.74, 6) is 0.359. The molecule has 0 saturated carbocycles. The van der Waals surface area contributed by atoms with Crippen LogP contribution in [0.15, 0.2) is 24.3 Å². The number of hydrogen-bond acceptors (Lipinski definition) is 2. The van der Waals surface area contributed by atoms with Crippen molar-refractivity contribution in [1.82, 2.24) is 0 Å². The van der Waals surface area contributed by atoms with Crippen molar-refractivity contribution in [2.45, 2.75) is 18.9 Å². The van der Waals surface area contributed by atoms with E-state index in [1.54, 1.807) is 0 Å². The Balaban J connectivity index is 2.31. The zero-order chi connectivity index (χ0) is 10.9. The summed E-state index contributed by atoms with van der Waals surface area (Å²) in [4.78, 5) is 0. The molecule has 0 aromatic heterocycles. The van der Waals surface area contributed by atoms with Crippen LogP contribution in [-0.2, 0) is 10.3 Å². The van der Waals surface area contributed by atoms with E-state index in [1.165, 1.54) is 0 Å². The van der Waals surface area contributed by atoms with Crippen LogP contribution in [0.25, 0.3) is 0 Å². The minimum Gasteiger partial charge on any atom is -0.381 e. The summed E-state index contributed by atoms with van der Waals surface area (Å²) in [6.07, 6.45) is 1.01. The minimum atomic E-state index is -0.394. The molecule has 0 bridgehead atoms. The van der Waals surface area contributed by atoms with Gasteiger partial charge in [-0.25, -0.2) is 0 Å².